The number of hydrogen-bond acceptors (Lipinski definition) is 5. The molecule has 4 aliphatic rings. The number of hydrogen-bond donors (Lipinski definition) is 4. The molecule has 2 unspecified atom stereocenters. The molecule has 0 aliphatic heterocycles. The number of rotatable bonds is 5. The molecule has 0 radical (unpaired) electrons. The van der Waals surface area contributed by atoms with E-state index in [1.165, 1.54) is 0 Å². The number of carbonyl (C=O) groups is 1. The predicted molar refractivity (Wildman–Crippen MR) is 124 cm³/mol. The molecule has 0 aromatic heterocycles. The van der Waals surface area contributed by atoms with Crippen LogP contribution in [0.15, 0.2) is 23.8 Å². The summed E-state index contributed by atoms with van der Waals surface area (Å²) in [5, 5.41) is 44.8. The lowest BCUT2D eigenvalue weighted by molar-refractivity contribution is -0.170. The fourth-order valence-corrected chi connectivity index (χ4v) is 7.91. The Labute approximate surface area is 192 Å². The summed E-state index contributed by atoms with van der Waals surface area (Å²) in [6.07, 6.45) is 10.1. The van der Waals surface area contributed by atoms with Crippen molar-refractivity contribution in [2.45, 2.75) is 109 Å². The molecule has 4 aliphatic carbocycles. The van der Waals surface area contributed by atoms with Gasteiger partial charge in [-0.3, -0.25) is 4.79 Å². The van der Waals surface area contributed by atoms with Gasteiger partial charge in [0.25, 0.3) is 0 Å². The van der Waals surface area contributed by atoms with Gasteiger partial charge in [-0.25, -0.2) is 0 Å². The number of carbonyl (C=O) groups excluding carboxylic acids is 1. The van der Waals surface area contributed by atoms with Crippen LogP contribution >= 0.6 is 0 Å². The summed E-state index contributed by atoms with van der Waals surface area (Å²) in [5.74, 6) is -0.0260. The van der Waals surface area contributed by atoms with Gasteiger partial charge in [-0.1, -0.05) is 26.0 Å². The van der Waals surface area contributed by atoms with Crippen molar-refractivity contribution in [2.75, 3.05) is 0 Å². The molecule has 5 heteroatoms. The van der Waals surface area contributed by atoms with Crippen LogP contribution in [-0.2, 0) is 4.79 Å². The Morgan fingerprint density at radius 3 is 2.44 bits per heavy atom. The van der Waals surface area contributed by atoms with Crippen LogP contribution in [0.2, 0.25) is 0 Å². The Kier molecular flexibility index (Phi) is 5.65. The second-order valence-electron chi connectivity index (χ2n) is 12.5. The van der Waals surface area contributed by atoms with Gasteiger partial charge in [-0.2, -0.15) is 0 Å². The normalized spacial score (nSPS) is 44.2. The highest BCUT2D eigenvalue weighted by molar-refractivity contribution is 5.95. The van der Waals surface area contributed by atoms with E-state index < -0.39 is 28.3 Å². The minimum absolute atomic E-state index is 0.0156. The first kappa shape index (κ1) is 24.1. The van der Waals surface area contributed by atoms with Crippen LogP contribution in [-0.4, -0.2) is 49.1 Å². The van der Waals surface area contributed by atoms with Crippen molar-refractivity contribution in [1.82, 2.24) is 0 Å². The average Bonchev–Trinajstić information content (AvgIpc) is 2.98. The van der Waals surface area contributed by atoms with Crippen LogP contribution < -0.4 is 0 Å². The molecule has 4 rings (SSSR count). The Hall–Kier alpha value is -1.01. The predicted octanol–water partition coefficient (Wildman–Crippen LogP) is 3.69. The van der Waals surface area contributed by atoms with Crippen LogP contribution in [0.1, 0.15) is 86.0 Å². The van der Waals surface area contributed by atoms with E-state index in [2.05, 4.69) is 19.1 Å². The monoisotopic (exact) mass is 446 g/mol. The van der Waals surface area contributed by atoms with Gasteiger partial charge >= 0.3 is 0 Å². The van der Waals surface area contributed by atoms with Gasteiger partial charge in [0.05, 0.1) is 22.9 Å². The Morgan fingerprint density at radius 2 is 1.78 bits per heavy atom. The lowest BCUT2D eigenvalue weighted by Crippen LogP contribution is -2.61. The van der Waals surface area contributed by atoms with E-state index >= 15 is 0 Å². The highest BCUT2D eigenvalue weighted by atomic mass is 16.3. The van der Waals surface area contributed by atoms with Crippen molar-refractivity contribution in [1.29, 1.82) is 0 Å². The Morgan fingerprint density at radius 1 is 1.09 bits per heavy atom. The fourth-order valence-electron chi connectivity index (χ4n) is 7.91. The van der Waals surface area contributed by atoms with E-state index in [-0.39, 0.29) is 35.4 Å². The SMILES string of the molecule is CC(C)(O)CC[C@@H](O)C(C)(O)[C@@H]1CC[C@@]2(O)C3=CC(=O)[C@@H]4CC=CC[C@]4(C)C3CC[C@]12C. The maximum atomic E-state index is 13.2. The number of allylic oxidation sites excluding steroid dienone is 3. The number of fused-ring (bicyclic) bond motifs is 5. The first-order valence-electron chi connectivity index (χ1n) is 12.4. The second-order valence-corrected chi connectivity index (χ2v) is 12.5. The zero-order valence-corrected chi connectivity index (χ0v) is 20.4. The molecule has 0 aromatic rings. The molecule has 180 valence electrons. The first-order valence-corrected chi connectivity index (χ1v) is 12.4. The third-order valence-electron chi connectivity index (χ3n) is 10.1. The van der Waals surface area contributed by atoms with Crippen LogP contribution in [0.5, 0.6) is 0 Å². The molecular formula is C27H42O5. The standard InChI is InChI=1S/C27H42O5/c1-23(2,30)13-11-22(29)26(5,31)21-10-15-27(32)19-16-20(28)18-8-6-7-12-24(18,3)17(19)9-14-25(21,27)4/h6-7,16-18,21-22,29-32H,8-15H2,1-5H3/t17?,18-,21+,22+,24+,25+,26?,27+/m0/s1. The number of ketones is 1. The van der Waals surface area contributed by atoms with Crippen LogP contribution in [0.4, 0.5) is 0 Å². The van der Waals surface area contributed by atoms with Gasteiger partial charge in [0.1, 0.15) is 0 Å². The van der Waals surface area contributed by atoms with E-state index in [9.17, 15) is 25.2 Å². The van der Waals surface area contributed by atoms with Crippen LogP contribution in [0.25, 0.3) is 0 Å². The zero-order valence-electron chi connectivity index (χ0n) is 20.4. The van der Waals surface area contributed by atoms with Crippen LogP contribution in [0.3, 0.4) is 0 Å². The average molecular weight is 447 g/mol. The highest BCUT2D eigenvalue weighted by Crippen LogP contribution is 2.68. The molecule has 0 saturated heterocycles. The first-order chi connectivity index (χ1) is 14.7. The summed E-state index contributed by atoms with van der Waals surface area (Å²) in [6.45, 7) is 9.34. The quantitative estimate of drug-likeness (QED) is 0.483. The van der Waals surface area contributed by atoms with E-state index in [0.717, 1.165) is 31.3 Å². The molecule has 8 atom stereocenters. The fraction of sp³-hybridized carbons (Fsp3) is 0.815. The van der Waals surface area contributed by atoms with Gasteiger partial charge in [0, 0.05) is 11.3 Å². The second kappa shape index (κ2) is 7.49. The van der Waals surface area contributed by atoms with Crippen molar-refractivity contribution in [3.05, 3.63) is 23.8 Å². The summed E-state index contributed by atoms with van der Waals surface area (Å²) in [5.41, 5.74) is -3.37. The Bertz CT molecular complexity index is 835. The minimum atomic E-state index is -1.39. The molecule has 0 spiro atoms. The van der Waals surface area contributed by atoms with E-state index in [1.807, 2.05) is 6.92 Å². The third-order valence-corrected chi connectivity index (χ3v) is 10.1. The maximum absolute atomic E-state index is 13.2. The van der Waals surface area contributed by atoms with Gasteiger partial charge < -0.3 is 20.4 Å². The summed E-state index contributed by atoms with van der Waals surface area (Å²) in [4.78, 5) is 13.2. The minimum Gasteiger partial charge on any atom is -0.390 e. The number of aliphatic hydroxyl groups excluding tert-OH is 1. The molecule has 2 fully saturated rings. The molecule has 0 aromatic carbocycles. The van der Waals surface area contributed by atoms with Crippen molar-refractivity contribution in [3.63, 3.8) is 0 Å². The molecule has 4 N–H and O–H groups in total. The van der Waals surface area contributed by atoms with Crippen molar-refractivity contribution in [3.8, 4) is 0 Å². The molecule has 0 heterocycles. The van der Waals surface area contributed by atoms with Crippen molar-refractivity contribution < 1.29 is 25.2 Å². The van der Waals surface area contributed by atoms with E-state index in [0.29, 0.717) is 19.3 Å². The molecule has 2 saturated carbocycles. The lowest BCUT2D eigenvalue weighted by atomic mass is 9.46. The summed E-state index contributed by atoms with van der Waals surface area (Å²) < 4.78 is 0. The summed E-state index contributed by atoms with van der Waals surface area (Å²) >= 11 is 0. The Balaban J connectivity index is 1.66. The van der Waals surface area contributed by atoms with E-state index in [4.69, 9.17) is 0 Å². The smallest absolute Gasteiger partial charge is 0.159 e. The molecule has 0 amide bonds. The molecule has 32 heavy (non-hydrogen) atoms. The van der Waals surface area contributed by atoms with Crippen molar-refractivity contribution in [2.24, 2.45) is 28.6 Å². The number of aliphatic hydroxyl groups is 4. The van der Waals surface area contributed by atoms with Gasteiger partial charge in [-0.15, -0.1) is 0 Å². The van der Waals surface area contributed by atoms with Crippen LogP contribution in [0, 0.1) is 28.6 Å². The summed E-state index contributed by atoms with van der Waals surface area (Å²) in [7, 11) is 0. The highest BCUT2D eigenvalue weighted by Gasteiger charge is 2.68. The van der Waals surface area contributed by atoms with Gasteiger partial charge in [0.15, 0.2) is 5.78 Å². The van der Waals surface area contributed by atoms with Gasteiger partial charge in [0.2, 0.25) is 0 Å². The lowest BCUT2D eigenvalue weighted by Gasteiger charge is -2.59. The molecule has 5 nitrogen and oxygen atoms in total. The molecule has 0 bridgehead atoms. The third kappa shape index (κ3) is 3.38. The summed E-state index contributed by atoms with van der Waals surface area (Å²) in [6, 6.07) is 0. The molecular weight excluding hydrogens is 404 g/mol. The maximum Gasteiger partial charge on any atom is 0.159 e. The van der Waals surface area contributed by atoms with E-state index in [1.54, 1.807) is 26.8 Å². The van der Waals surface area contributed by atoms with Crippen molar-refractivity contribution >= 4 is 5.78 Å². The zero-order chi connectivity index (χ0) is 23.7. The largest absolute Gasteiger partial charge is 0.390 e. The topological polar surface area (TPSA) is 98.0 Å². The van der Waals surface area contributed by atoms with Gasteiger partial charge in [-0.05, 0) is 101 Å².